The lowest BCUT2D eigenvalue weighted by atomic mass is 9.97. The summed E-state index contributed by atoms with van der Waals surface area (Å²) in [5.41, 5.74) is 6.03. The molecule has 2 aliphatic rings. The van der Waals surface area contributed by atoms with E-state index in [1.165, 1.54) is 32.1 Å². The summed E-state index contributed by atoms with van der Waals surface area (Å²) in [5, 5.41) is 4.14. The summed E-state index contributed by atoms with van der Waals surface area (Å²) in [6, 6.07) is 0. The highest BCUT2D eigenvalue weighted by Gasteiger charge is 2.37. The molecule has 1 aromatic rings. The number of aromatic nitrogens is 2. The van der Waals surface area contributed by atoms with Crippen LogP contribution in [0.25, 0.3) is 0 Å². The van der Waals surface area contributed by atoms with Crippen LogP contribution in [0.4, 0.5) is 0 Å². The Morgan fingerprint density at radius 1 is 1.24 bits per heavy atom. The molecule has 4 nitrogen and oxygen atoms in total. The van der Waals surface area contributed by atoms with Crippen molar-refractivity contribution in [3.05, 3.63) is 11.7 Å². The zero-order chi connectivity index (χ0) is 11.9. The fraction of sp³-hybridized carbons (Fsp3) is 0.846. The third-order valence-electron chi connectivity index (χ3n) is 4.56. The Hall–Kier alpha value is -0.900. The molecule has 0 saturated heterocycles. The van der Waals surface area contributed by atoms with E-state index in [1.807, 2.05) is 0 Å². The van der Waals surface area contributed by atoms with Crippen molar-refractivity contribution in [2.45, 2.75) is 63.3 Å². The largest absolute Gasteiger partial charge is 0.339 e. The molecule has 2 fully saturated rings. The molecule has 3 rings (SSSR count). The van der Waals surface area contributed by atoms with Gasteiger partial charge in [0.05, 0.1) is 5.54 Å². The molecule has 0 aromatic carbocycles. The zero-order valence-corrected chi connectivity index (χ0v) is 10.5. The van der Waals surface area contributed by atoms with Gasteiger partial charge in [0.1, 0.15) is 0 Å². The van der Waals surface area contributed by atoms with Gasteiger partial charge in [-0.15, -0.1) is 0 Å². The van der Waals surface area contributed by atoms with Crippen molar-refractivity contribution in [3.63, 3.8) is 0 Å². The van der Waals surface area contributed by atoms with E-state index in [0.717, 1.165) is 24.6 Å². The van der Waals surface area contributed by atoms with Gasteiger partial charge in [-0.3, -0.25) is 0 Å². The molecule has 94 valence electrons. The number of nitrogens with zero attached hydrogens (tertiary/aromatic N) is 2. The molecule has 1 aromatic heterocycles. The van der Waals surface area contributed by atoms with Crippen LogP contribution >= 0.6 is 0 Å². The lowest BCUT2D eigenvalue weighted by Gasteiger charge is -2.18. The van der Waals surface area contributed by atoms with Gasteiger partial charge in [0, 0.05) is 5.92 Å². The molecule has 0 aliphatic heterocycles. The van der Waals surface area contributed by atoms with Crippen LogP contribution < -0.4 is 5.73 Å². The van der Waals surface area contributed by atoms with Crippen LogP contribution in [0.5, 0.6) is 0 Å². The molecular weight excluding hydrogens is 214 g/mol. The Labute approximate surface area is 102 Å². The SMILES string of the molecule is CC1CCCC1c1nc(C2(N)CCCC2)no1. The summed E-state index contributed by atoms with van der Waals surface area (Å²) in [5.74, 6) is 2.69. The van der Waals surface area contributed by atoms with Crippen LogP contribution in [0, 0.1) is 5.92 Å². The summed E-state index contributed by atoms with van der Waals surface area (Å²) >= 11 is 0. The van der Waals surface area contributed by atoms with E-state index in [1.54, 1.807) is 0 Å². The van der Waals surface area contributed by atoms with Gasteiger partial charge in [0.25, 0.3) is 0 Å². The van der Waals surface area contributed by atoms with Crippen molar-refractivity contribution in [2.75, 3.05) is 0 Å². The maximum Gasteiger partial charge on any atom is 0.230 e. The lowest BCUT2D eigenvalue weighted by molar-refractivity contribution is 0.318. The predicted molar refractivity (Wildman–Crippen MR) is 64.4 cm³/mol. The Morgan fingerprint density at radius 2 is 2.00 bits per heavy atom. The van der Waals surface area contributed by atoms with Crippen molar-refractivity contribution >= 4 is 0 Å². The van der Waals surface area contributed by atoms with Crippen LogP contribution in [0.2, 0.25) is 0 Å². The minimum atomic E-state index is -0.316. The number of hydrogen-bond acceptors (Lipinski definition) is 4. The first-order valence-electron chi connectivity index (χ1n) is 6.82. The number of hydrogen-bond donors (Lipinski definition) is 1. The summed E-state index contributed by atoms with van der Waals surface area (Å²) < 4.78 is 5.46. The minimum Gasteiger partial charge on any atom is -0.339 e. The summed E-state index contributed by atoms with van der Waals surface area (Å²) in [4.78, 5) is 4.59. The Bertz CT molecular complexity index is 395. The van der Waals surface area contributed by atoms with Gasteiger partial charge in [-0.25, -0.2) is 0 Å². The van der Waals surface area contributed by atoms with Gasteiger partial charge in [0.2, 0.25) is 5.89 Å². The van der Waals surface area contributed by atoms with E-state index in [4.69, 9.17) is 10.3 Å². The van der Waals surface area contributed by atoms with E-state index in [0.29, 0.717) is 11.8 Å². The maximum absolute atomic E-state index is 6.34. The molecule has 2 N–H and O–H groups in total. The highest BCUT2D eigenvalue weighted by molar-refractivity contribution is 5.08. The quantitative estimate of drug-likeness (QED) is 0.856. The van der Waals surface area contributed by atoms with Crippen LogP contribution in [0.1, 0.15) is 69.5 Å². The highest BCUT2D eigenvalue weighted by Crippen LogP contribution is 2.40. The summed E-state index contributed by atoms with van der Waals surface area (Å²) in [6.45, 7) is 2.27. The van der Waals surface area contributed by atoms with Gasteiger partial charge in [0.15, 0.2) is 5.82 Å². The van der Waals surface area contributed by atoms with Crippen molar-refractivity contribution < 1.29 is 4.52 Å². The minimum absolute atomic E-state index is 0.316. The Morgan fingerprint density at radius 3 is 2.65 bits per heavy atom. The van der Waals surface area contributed by atoms with E-state index in [2.05, 4.69) is 17.1 Å². The highest BCUT2D eigenvalue weighted by atomic mass is 16.5. The van der Waals surface area contributed by atoms with Gasteiger partial charge in [-0.1, -0.05) is 31.3 Å². The smallest absolute Gasteiger partial charge is 0.230 e. The lowest BCUT2D eigenvalue weighted by Crippen LogP contribution is -2.34. The summed E-state index contributed by atoms with van der Waals surface area (Å²) in [7, 11) is 0. The van der Waals surface area contributed by atoms with E-state index < -0.39 is 0 Å². The second-order valence-electron chi connectivity index (χ2n) is 5.83. The standard InChI is InChI=1S/C13H21N3O/c1-9-5-4-6-10(9)11-15-12(16-17-11)13(14)7-2-3-8-13/h9-10H,2-8,14H2,1H3. The molecular formula is C13H21N3O. The van der Waals surface area contributed by atoms with Crippen molar-refractivity contribution in [2.24, 2.45) is 11.7 Å². The van der Waals surface area contributed by atoms with E-state index >= 15 is 0 Å². The van der Waals surface area contributed by atoms with Crippen molar-refractivity contribution in [1.29, 1.82) is 0 Å². The first kappa shape index (κ1) is 11.2. The van der Waals surface area contributed by atoms with Gasteiger partial charge >= 0.3 is 0 Å². The Kier molecular flexibility index (Phi) is 2.69. The van der Waals surface area contributed by atoms with Gasteiger partial charge < -0.3 is 10.3 Å². The molecule has 17 heavy (non-hydrogen) atoms. The van der Waals surface area contributed by atoms with Crippen molar-refractivity contribution in [3.8, 4) is 0 Å². The third kappa shape index (κ3) is 1.88. The van der Waals surface area contributed by atoms with Crippen LogP contribution in [0.3, 0.4) is 0 Å². The number of rotatable bonds is 2. The first-order valence-corrected chi connectivity index (χ1v) is 6.82. The maximum atomic E-state index is 6.34. The van der Waals surface area contributed by atoms with E-state index in [-0.39, 0.29) is 5.54 Å². The van der Waals surface area contributed by atoms with Gasteiger partial charge in [-0.2, -0.15) is 4.98 Å². The molecule has 0 spiro atoms. The zero-order valence-electron chi connectivity index (χ0n) is 10.5. The van der Waals surface area contributed by atoms with Crippen LogP contribution in [-0.4, -0.2) is 10.1 Å². The summed E-state index contributed by atoms with van der Waals surface area (Å²) in [6.07, 6.45) is 8.08. The average Bonchev–Trinajstić information content (AvgIpc) is 2.97. The second-order valence-corrected chi connectivity index (χ2v) is 5.83. The topological polar surface area (TPSA) is 64.9 Å². The molecule has 2 atom stereocenters. The monoisotopic (exact) mass is 235 g/mol. The molecule has 2 saturated carbocycles. The predicted octanol–water partition coefficient (Wildman–Crippen LogP) is 2.70. The normalized spacial score (nSPS) is 32.1. The molecule has 0 bridgehead atoms. The van der Waals surface area contributed by atoms with Gasteiger partial charge in [-0.05, 0) is 31.6 Å². The van der Waals surface area contributed by atoms with Crippen LogP contribution in [-0.2, 0) is 5.54 Å². The van der Waals surface area contributed by atoms with Crippen LogP contribution in [0.15, 0.2) is 4.52 Å². The molecule has 4 heteroatoms. The average molecular weight is 235 g/mol. The molecule has 0 amide bonds. The number of nitrogens with two attached hydrogens (primary N) is 1. The fourth-order valence-corrected chi connectivity index (χ4v) is 3.33. The molecule has 0 radical (unpaired) electrons. The molecule has 2 unspecified atom stereocenters. The third-order valence-corrected chi connectivity index (χ3v) is 4.56. The molecule has 1 heterocycles. The van der Waals surface area contributed by atoms with Crippen molar-refractivity contribution in [1.82, 2.24) is 10.1 Å². The molecule has 2 aliphatic carbocycles. The second kappa shape index (κ2) is 4.09. The first-order chi connectivity index (χ1) is 8.19. The van der Waals surface area contributed by atoms with E-state index in [9.17, 15) is 0 Å². The fourth-order valence-electron chi connectivity index (χ4n) is 3.33. The Balaban J connectivity index is 1.82.